The van der Waals surface area contributed by atoms with Crippen LogP contribution in [0.3, 0.4) is 0 Å². The van der Waals surface area contributed by atoms with Gasteiger partial charge in [-0.1, -0.05) is 24.3 Å². The number of ether oxygens (including phenoxy) is 1. The van der Waals surface area contributed by atoms with Crippen molar-refractivity contribution in [1.29, 1.82) is 0 Å². The highest BCUT2D eigenvalue weighted by molar-refractivity contribution is 6.11. The molecule has 1 unspecified atom stereocenters. The van der Waals surface area contributed by atoms with Crippen LogP contribution in [-0.4, -0.2) is 65.8 Å². The van der Waals surface area contributed by atoms with E-state index in [0.29, 0.717) is 35.5 Å². The van der Waals surface area contributed by atoms with E-state index in [0.717, 1.165) is 0 Å². The number of rotatable bonds is 7. The van der Waals surface area contributed by atoms with Gasteiger partial charge in [0.2, 0.25) is 17.7 Å². The summed E-state index contributed by atoms with van der Waals surface area (Å²) in [6.07, 6.45) is 0.723. The first-order valence-electron chi connectivity index (χ1n) is 11.2. The van der Waals surface area contributed by atoms with Crippen LogP contribution in [0.5, 0.6) is 5.75 Å². The Balaban J connectivity index is 1.52. The van der Waals surface area contributed by atoms with Crippen molar-refractivity contribution in [1.82, 2.24) is 9.80 Å². The number of para-hydroxylation sites is 3. The summed E-state index contributed by atoms with van der Waals surface area (Å²) < 4.78 is 5.25. The minimum atomic E-state index is -0.933. The molecule has 4 amide bonds. The van der Waals surface area contributed by atoms with E-state index in [1.165, 1.54) is 16.9 Å². The van der Waals surface area contributed by atoms with Crippen LogP contribution in [0.2, 0.25) is 0 Å². The predicted molar refractivity (Wildman–Crippen MR) is 126 cm³/mol. The zero-order valence-electron chi connectivity index (χ0n) is 19.5. The molecule has 34 heavy (non-hydrogen) atoms. The van der Waals surface area contributed by atoms with E-state index < -0.39 is 5.66 Å². The Bertz CT molecular complexity index is 1150. The topological polar surface area (TPSA) is 99.3 Å². The van der Waals surface area contributed by atoms with Crippen LogP contribution in [0.1, 0.15) is 37.0 Å². The molecular formula is C25H28N4O5. The lowest BCUT2D eigenvalue weighted by Crippen LogP contribution is -2.64. The second-order valence-electron chi connectivity index (χ2n) is 8.51. The highest BCUT2D eigenvalue weighted by Crippen LogP contribution is 2.43. The summed E-state index contributed by atoms with van der Waals surface area (Å²) in [5.41, 5.74) is 0.538. The van der Waals surface area contributed by atoms with Crippen molar-refractivity contribution in [3.8, 4) is 5.75 Å². The van der Waals surface area contributed by atoms with Crippen LogP contribution < -0.4 is 15.0 Å². The summed E-state index contributed by atoms with van der Waals surface area (Å²) >= 11 is 0. The number of fused-ring (bicyclic) bond motifs is 3. The number of anilines is 2. The number of nitrogens with zero attached hydrogens (tertiary/aromatic N) is 3. The van der Waals surface area contributed by atoms with Gasteiger partial charge in [-0.25, -0.2) is 0 Å². The first-order chi connectivity index (χ1) is 16.3. The largest absolute Gasteiger partial charge is 0.495 e. The predicted octanol–water partition coefficient (Wildman–Crippen LogP) is 2.48. The Labute approximate surface area is 198 Å². The maximum absolute atomic E-state index is 13.4. The molecule has 0 aliphatic carbocycles. The van der Waals surface area contributed by atoms with E-state index in [4.69, 9.17) is 4.74 Å². The van der Waals surface area contributed by atoms with E-state index in [2.05, 4.69) is 5.32 Å². The number of hydrogen-bond donors (Lipinski definition) is 1. The minimum absolute atomic E-state index is 0.0802. The Hall–Kier alpha value is -3.88. The Morgan fingerprint density at radius 3 is 2.56 bits per heavy atom. The molecule has 0 bridgehead atoms. The van der Waals surface area contributed by atoms with Crippen LogP contribution >= 0.6 is 0 Å². The quantitative estimate of drug-likeness (QED) is 0.679. The summed E-state index contributed by atoms with van der Waals surface area (Å²) in [6, 6.07) is 14.0. The van der Waals surface area contributed by atoms with E-state index in [-0.39, 0.29) is 43.3 Å². The Morgan fingerprint density at radius 1 is 1.12 bits per heavy atom. The van der Waals surface area contributed by atoms with Crippen LogP contribution in [0, 0.1) is 0 Å². The van der Waals surface area contributed by atoms with Crippen molar-refractivity contribution in [3.63, 3.8) is 0 Å². The maximum atomic E-state index is 13.4. The van der Waals surface area contributed by atoms with Gasteiger partial charge >= 0.3 is 0 Å². The fourth-order valence-electron chi connectivity index (χ4n) is 4.66. The van der Waals surface area contributed by atoms with Crippen molar-refractivity contribution >= 4 is 35.0 Å². The molecule has 9 nitrogen and oxygen atoms in total. The fourth-order valence-corrected chi connectivity index (χ4v) is 4.66. The normalized spacial score (nSPS) is 18.9. The van der Waals surface area contributed by atoms with Crippen LogP contribution in [0.25, 0.3) is 0 Å². The number of amides is 4. The van der Waals surface area contributed by atoms with Crippen LogP contribution in [0.4, 0.5) is 11.4 Å². The van der Waals surface area contributed by atoms with E-state index in [1.54, 1.807) is 60.4 Å². The Morgan fingerprint density at radius 2 is 1.82 bits per heavy atom. The van der Waals surface area contributed by atoms with Crippen molar-refractivity contribution in [2.24, 2.45) is 0 Å². The summed E-state index contributed by atoms with van der Waals surface area (Å²) in [4.78, 5) is 56.5. The minimum Gasteiger partial charge on any atom is -0.495 e. The molecule has 2 aromatic carbocycles. The molecule has 2 aromatic rings. The number of methoxy groups -OCH3 is 1. The lowest BCUT2D eigenvalue weighted by Gasteiger charge is -2.48. The second kappa shape index (κ2) is 9.17. The Kier molecular flexibility index (Phi) is 6.28. The number of nitrogens with one attached hydrogen (secondary N) is 1. The third kappa shape index (κ3) is 3.98. The highest BCUT2D eigenvalue weighted by Gasteiger charge is 2.53. The first kappa shape index (κ1) is 23.3. The summed E-state index contributed by atoms with van der Waals surface area (Å²) in [5.74, 6) is -0.609. The molecule has 0 aromatic heterocycles. The molecule has 2 aliphatic rings. The smallest absolute Gasteiger partial charge is 0.258 e. The monoisotopic (exact) mass is 464 g/mol. The maximum Gasteiger partial charge on any atom is 0.258 e. The zero-order valence-corrected chi connectivity index (χ0v) is 19.5. The van der Waals surface area contributed by atoms with Gasteiger partial charge in [0.1, 0.15) is 18.0 Å². The number of carbonyl (C=O) groups excluding carboxylic acids is 4. The summed E-state index contributed by atoms with van der Waals surface area (Å²) in [6.45, 7) is 3.46. The van der Waals surface area contributed by atoms with E-state index in [9.17, 15) is 19.2 Å². The van der Waals surface area contributed by atoms with Gasteiger partial charge in [-0.3, -0.25) is 24.1 Å². The third-order valence-corrected chi connectivity index (χ3v) is 6.49. The van der Waals surface area contributed by atoms with E-state index in [1.807, 2.05) is 6.92 Å². The van der Waals surface area contributed by atoms with Gasteiger partial charge in [0.05, 0.1) is 30.6 Å². The lowest BCUT2D eigenvalue weighted by atomic mass is 9.98. The van der Waals surface area contributed by atoms with Crippen molar-refractivity contribution in [2.45, 2.75) is 32.4 Å². The van der Waals surface area contributed by atoms with Gasteiger partial charge in [-0.05, 0) is 44.5 Å². The highest BCUT2D eigenvalue weighted by atomic mass is 16.5. The molecule has 4 rings (SSSR count). The third-order valence-electron chi connectivity index (χ3n) is 6.49. The average Bonchev–Trinajstić information content (AvgIpc) is 3.15. The summed E-state index contributed by atoms with van der Waals surface area (Å²) in [7, 11) is 1.51. The molecule has 178 valence electrons. The molecule has 2 aliphatic heterocycles. The standard InChI is InChI=1S/C25H28N4O5/c1-4-27(15-21(30)26-18-10-6-8-12-20(18)34-3)23(32)16-28-24(33)17-9-5-7-11-19(17)29-22(31)13-14-25(28,29)2/h5-12H,4,13-16H2,1-3H3,(H,26,30). The first-order valence-corrected chi connectivity index (χ1v) is 11.2. The molecule has 1 saturated heterocycles. The zero-order chi connectivity index (χ0) is 24.5. The molecule has 1 atom stereocenters. The van der Waals surface area contributed by atoms with Gasteiger partial charge in [0, 0.05) is 13.0 Å². The number of likely N-dealkylation sites (N-methyl/N-ethyl adjacent to an activating group) is 1. The van der Waals surface area contributed by atoms with Gasteiger partial charge in [-0.15, -0.1) is 0 Å². The molecule has 0 radical (unpaired) electrons. The van der Waals surface area contributed by atoms with E-state index >= 15 is 0 Å². The second-order valence-corrected chi connectivity index (χ2v) is 8.51. The number of hydrogen-bond acceptors (Lipinski definition) is 5. The van der Waals surface area contributed by atoms with Crippen molar-refractivity contribution < 1.29 is 23.9 Å². The SMILES string of the molecule is CCN(CC(=O)Nc1ccccc1OC)C(=O)CN1C(=O)c2ccccc2N2C(=O)CCC12C. The summed E-state index contributed by atoms with van der Waals surface area (Å²) in [5, 5.41) is 2.77. The van der Waals surface area contributed by atoms with Gasteiger partial charge in [0.25, 0.3) is 5.91 Å². The molecule has 0 saturated carbocycles. The van der Waals surface area contributed by atoms with Gasteiger partial charge in [-0.2, -0.15) is 0 Å². The molecular weight excluding hydrogens is 436 g/mol. The fraction of sp³-hybridized carbons (Fsp3) is 0.360. The number of benzene rings is 2. The van der Waals surface area contributed by atoms with Gasteiger partial charge in [0.15, 0.2) is 0 Å². The molecule has 1 fully saturated rings. The lowest BCUT2D eigenvalue weighted by molar-refractivity contribution is -0.136. The molecule has 0 spiro atoms. The van der Waals surface area contributed by atoms with Crippen molar-refractivity contribution in [3.05, 3.63) is 54.1 Å². The molecule has 1 N–H and O–H groups in total. The van der Waals surface area contributed by atoms with Crippen LogP contribution in [-0.2, 0) is 14.4 Å². The van der Waals surface area contributed by atoms with Crippen molar-refractivity contribution in [2.75, 3.05) is 37.0 Å². The van der Waals surface area contributed by atoms with Crippen LogP contribution in [0.15, 0.2) is 48.5 Å². The van der Waals surface area contributed by atoms with Gasteiger partial charge < -0.3 is 19.9 Å². The molecule has 9 heteroatoms. The average molecular weight is 465 g/mol. The number of carbonyl (C=O) groups is 4. The molecule has 2 heterocycles.